The molecule has 0 radical (unpaired) electrons. The zero-order chi connectivity index (χ0) is 20.2. The maximum absolute atomic E-state index is 13.2. The molecule has 8 nitrogen and oxygen atoms in total. The summed E-state index contributed by atoms with van der Waals surface area (Å²) in [5.74, 6) is 1.84. The van der Waals surface area contributed by atoms with Crippen LogP contribution in [-0.4, -0.2) is 43.6 Å². The predicted octanol–water partition coefficient (Wildman–Crippen LogP) is 2.64. The maximum Gasteiger partial charge on any atom is 0.225 e. The van der Waals surface area contributed by atoms with Gasteiger partial charge in [0.1, 0.15) is 0 Å². The Morgan fingerprint density at radius 2 is 2.03 bits per heavy atom. The van der Waals surface area contributed by atoms with Gasteiger partial charge in [-0.3, -0.25) is 9.20 Å². The summed E-state index contributed by atoms with van der Waals surface area (Å²) in [5.41, 5.74) is 0.788. The summed E-state index contributed by atoms with van der Waals surface area (Å²) in [6.07, 6.45) is 8.03. The van der Waals surface area contributed by atoms with E-state index >= 15 is 0 Å². The third-order valence-electron chi connectivity index (χ3n) is 5.30. The van der Waals surface area contributed by atoms with Crippen LogP contribution in [0.2, 0.25) is 0 Å². The Morgan fingerprint density at radius 3 is 2.83 bits per heavy atom. The van der Waals surface area contributed by atoms with E-state index in [2.05, 4.69) is 44.2 Å². The molecule has 1 N–H and O–H groups in total. The molecule has 2 atom stereocenters. The van der Waals surface area contributed by atoms with Gasteiger partial charge in [-0.25, -0.2) is 9.97 Å². The van der Waals surface area contributed by atoms with Crippen LogP contribution in [0.4, 0.5) is 5.95 Å². The predicted molar refractivity (Wildman–Crippen MR) is 110 cm³/mol. The van der Waals surface area contributed by atoms with Crippen LogP contribution in [0.3, 0.4) is 0 Å². The maximum atomic E-state index is 13.2. The molecule has 0 aliphatic carbocycles. The molecule has 3 aromatic heterocycles. The number of nitrogens with zero attached hydrogens (tertiary/aromatic N) is 6. The molecule has 0 aromatic carbocycles. The highest BCUT2D eigenvalue weighted by molar-refractivity contribution is 5.80. The zero-order valence-corrected chi connectivity index (χ0v) is 16.9. The summed E-state index contributed by atoms with van der Waals surface area (Å²) < 4.78 is 1.96. The second kappa shape index (κ2) is 8.55. The van der Waals surface area contributed by atoms with E-state index in [4.69, 9.17) is 0 Å². The second-order valence-corrected chi connectivity index (χ2v) is 8.01. The average molecular weight is 393 g/mol. The molecule has 152 valence electrons. The number of fused-ring (bicyclic) bond motifs is 1. The fraction of sp³-hybridized carbons (Fsp3) is 0.476. The molecule has 0 saturated carbocycles. The van der Waals surface area contributed by atoms with Crippen LogP contribution in [-0.2, 0) is 4.79 Å². The topological polar surface area (TPSA) is 88.3 Å². The van der Waals surface area contributed by atoms with E-state index in [1.807, 2.05) is 28.8 Å². The standard InChI is InChI=1S/C21H27N7O/c1-15(2)13-17(19-26-25-18-8-3-4-12-28(18)19)24-20(29)16-7-5-11-27(14-16)21-22-9-6-10-23-21/h3-4,6,8-10,12,15-17H,5,7,11,13-14H2,1-2H3,(H,24,29)/t16-,17+/m1/s1. The average Bonchev–Trinajstić information content (AvgIpc) is 3.18. The molecule has 1 aliphatic heterocycles. The van der Waals surface area contributed by atoms with Crippen molar-refractivity contribution in [1.29, 1.82) is 0 Å². The van der Waals surface area contributed by atoms with Crippen molar-refractivity contribution in [1.82, 2.24) is 29.9 Å². The van der Waals surface area contributed by atoms with Crippen LogP contribution in [0.1, 0.15) is 45.0 Å². The van der Waals surface area contributed by atoms with E-state index < -0.39 is 0 Å². The number of rotatable bonds is 6. The van der Waals surface area contributed by atoms with E-state index in [0.717, 1.165) is 37.3 Å². The number of piperidine rings is 1. The minimum atomic E-state index is -0.178. The Hall–Kier alpha value is -3.03. The van der Waals surface area contributed by atoms with Crippen LogP contribution >= 0.6 is 0 Å². The quantitative estimate of drug-likeness (QED) is 0.693. The first-order valence-electron chi connectivity index (χ1n) is 10.2. The number of aromatic nitrogens is 5. The van der Waals surface area contributed by atoms with Gasteiger partial charge in [0.2, 0.25) is 11.9 Å². The van der Waals surface area contributed by atoms with E-state index in [1.165, 1.54) is 0 Å². The summed E-state index contributed by atoms with van der Waals surface area (Å²) in [4.78, 5) is 23.9. The molecule has 4 rings (SSSR count). The SMILES string of the molecule is CC(C)C[C@H](NC(=O)[C@@H]1CCCN(c2ncccn2)C1)c1nnc2ccccn12. The summed E-state index contributed by atoms with van der Waals surface area (Å²) >= 11 is 0. The largest absolute Gasteiger partial charge is 0.346 e. The van der Waals surface area contributed by atoms with Crippen molar-refractivity contribution in [3.8, 4) is 0 Å². The van der Waals surface area contributed by atoms with Gasteiger partial charge in [-0.05, 0) is 43.4 Å². The number of hydrogen-bond acceptors (Lipinski definition) is 6. The fourth-order valence-corrected chi connectivity index (χ4v) is 3.91. The molecule has 8 heteroatoms. The van der Waals surface area contributed by atoms with Gasteiger partial charge in [0.05, 0.1) is 12.0 Å². The molecule has 1 aliphatic rings. The highest BCUT2D eigenvalue weighted by Gasteiger charge is 2.30. The zero-order valence-electron chi connectivity index (χ0n) is 16.9. The van der Waals surface area contributed by atoms with Gasteiger partial charge < -0.3 is 10.2 Å². The van der Waals surface area contributed by atoms with Crippen molar-refractivity contribution in [2.45, 2.75) is 39.2 Å². The van der Waals surface area contributed by atoms with Gasteiger partial charge in [-0.2, -0.15) is 0 Å². The summed E-state index contributed by atoms with van der Waals surface area (Å²) in [6, 6.07) is 7.43. The molecule has 29 heavy (non-hydrogen) atoms. The van der Waals surface area contributed by atoms with Crippen LogP contribution in [0.15, 0.2) is 42.9 Å². The Kier molecular flexibility index (Phi) is 5.69. The van der Waals surface area contributed by atoms with Crippen molar-refractivity contribution >= 4 is 17.5 Å². The van der Waals surface area contributed by atoms with E-state index in [0.29, 0.717) is 18.4 Å². The number of hydrogen-bond donors (Lipinski definition) is 1. The van der Waals surface area contributed by atoms with Crippen molar-refractivity contribution in [2.75, 3.05) is 18.0 Å². The van der Waals surface area contributed by atoms with Gasteiger partial charge in [0.15, 0.2) is 11.5 Å². The molecule has 0 unspecified atom stereocenters. The molecule has 1 saturated heterocycles. The van der Waals surface area contributed by atoms with E-state index in [-0.39, 0.29) is 17.9 Å². The van der Waals surface area contributed by atoms with Crippen LogP contribution in [0.25, 0.3) is 5.65 Å². The van der Waals surface area contributed by atoms with Gasteiger partial charge in [-0.1, -0.05) is 19.9 Å². The summed E-state index contributed by atoms with van der Waals surface area (Å²) in [6.45, 7) is 5.80. The first-order chi connectivity index (χ1) is 14.1. The minimum Gasteiger partial charge on any atom is -0.346 e. The lowest BCUT2D eigenvalue weighted by Gasteiger charge is -2.32. The fourth-order valence-electron chi connectivity index (χ4n) is 3.91. The third kappa shape index (κ3) is 4.36. The van der Waals surface area contributed by atoms with Crippen molar-refractivity contribution in [3.05, 3.63) is 48.7 Å². The number of carbonyl (C=O) groups is 1. The molecule has 0 bridgehead atoms. The Labute approximate surface area is 170 Å². The van der Waals surface area contributed by atoms with Crippen molar-refractivity contribution < 1.29 is 4.79 Å². The number of nitrogens with one attached hydrogen (secondary N) is 1. The lowest BCUT2D eigenvalue weighted by atomic mass is 9.96. The molecule has 3 aromatic rings. The smallest absolute Gasteiger partial charge is 0.225 e. The van der Waals surface area contributed by atoms with Crippen LogP contribution in [0, 0.1) is 11.8 Å². The first kappa shape index (κ1) is 19.3. The lowest BCUT2D eigenvalue weighted by Crippen LogP contribution is -2.45. The van der Waals surface area contributed by atoms with E-state index in [9.17, 15) is 4.79 Å². The number of pyridine rings is 1. The highest BCUT2D eigenvalue weighted by atomic mass is 16.2. The summed E-state index contributed by atoms with van der Waals surface area (Å²) in [7, 11) is 0. The second-order valence-electron chi connectivity index (χ2n) is 8.01. The van der Waals surface area contributed by atoms with Crippen molar-refractivity contribution in [3.63, 3.8) is 0 Å². The van der Waals surface area contributed by atoms with Gasteiger partial charge in [0, 0.05) is 31.7 Å². The van der Waals surface area contributed by atoms with Gasteiger partial charge in [-0.15, -0.1) is 10.2 Å². The lowest BCUT2D eigenvalue weighted by molar-refractivity contribution is -0.126. The molecule has 0 spiro atoms. The molecule has 1 fully saturated rings. The monoisotopic (exact) mass is 393 g/mol. The molecule has 4 heterocycles. The normalized spacial score (nSPS) is 18.2. The molecular formula is C21H27N7O. The molecule has 1 amide bonds. The first-order valence-corrected chi connectivity index (χ1v) is 10.2. The van der Waals surface area contributed by atoms with Gasteiger partial charge >= 0.3 is 0 Å². The number of carbonyl (C=O) groups excluding carboxylic acids is 1. The summed E-state index contributed by atoms with van der Waals surface area (Å²) in [5, 5.41) is 11.9. The number of anilines is 1. The Bertz CT molecular complexity index is 956. The molecular weight excluding hydrogens is 366 g/mol. The van der Waals surface area contributed by atoms with Crippen LogP contribution < -0.4 is 10.2 Å². The Balaban J connectivity index is 1.50. The van der Waals surface area contributed by atoms with E-state index in [1.54, 1.807) is 18.5 Å². The van der Waals surface area contributed by atoms with Gasteiger partial charge in [0.25, 0.3) is 0 Å². The van der Waals surface area contributed by atoms with Crippen molar-refractivity contribution in [2.24, 2.45) is 11.8 Å². The third-order valence-corrected chi connectivity index (χ3v) is 5.30. The van der Waals surface area contributed by atoms with Crippen LogP contribution in [0.5, 0.6) is 0 Å². The minimum absolute atomic E-state index is 0.0592. The Morgan fingerprint density at radius 1 is 1.21 bits per heavy atom. The number of amides is 1. The highest BCUT2D eigenvalue weighted by Crippen LogP contribution is 2.24.